The lowest BCUT2D eigenvalue weighted by molar-refractivity contribution is 0.102. The first-order valence-corrected chi connectivity index (χ1v) is 10.7. The van der Waals surface area contributed by atoms with Gasteiger partial charge in [0.1, 0.15) is 17.9 Å². The standard InChI is InChI=1S/C21H16Cl2N4O2S/c1-27-19(11-29-18-6-2-4-13-5-3-9-24-20(13)18)25-26-21(27)30-12-17(28)15-8-7-14(22)10-16(15)23/h2-10H,11-12H2,1H3. The Morgan fingerprint density at radius 3 is 2.80 bits per heavy atom. The maximum absolute atomic E-state index is 12.5. The van der Waals surface area contributed by atoms with E-state index in [9.17, 15) is 4.79 Å². The van der Waals surface area contributed by atoms with Crippen molar-refractivity contribution in [3.63, 3.8) is 0 Å². The summed E-state index contributed by atoms with van der Waals surface area (Å²) >= 11 is 13.3. The number of nitrogens with zero attached hydrogens (tertiary/aromatic N) is 4. The van der Waals surface area contributed by atoms with E-state index >= 15 is 0 Å². The summed E-state index contributed by atoms with van der Waals surface area (Å²) in [6.07, 6.45) is 1.73. The summed E-state index contributed by atoms with van der Waals surface area (Å²) in [6.45, 7) is 0.233. The highest BCUT2D eigenvalue weighted by Gasteiger charge is 2.15. The van der Waals surface area contributed by atoms with Crippen LogP contribution in [-0.4, -0.2) is 31.3 Å². The molecule has 6 nitrogen and oxygen atoms in total. The van der Waals surface area contributed by atoms with Gasteiger partial charge in [-0.3, -0.25) is 9.78 Å². The summed E-state index contributed by atoms with van der Waals surface area (Å²) in [5.41, 5.74) is 1.23. The second kappa shape index (κ2) is 9.04. The van der Waals surface area contributed by atoms with Crippen molar-refractivity contribution in [1.29, 1.82) is 0 Å². The van der Waals surface area contributed by atoms with E-state index in [1.54, 1.807) is 29.0 Å². The van der Waals surface area contributed by atoms with Crippen LogP contribution < -0.4 is 4.74 Å². The molecule has 0 spiro atoms. The molecule has 0 radical (unpaired) electrons. The first-order chi connectivity index (χ1) is 14.5. The molecule has 0 aliphatic carbocycles. The van der Waals surface area contributed by atoms with Gasteiger partial charge in [-0.2, -0.15) is 0 Å². The molecule has 0 aliphatic rings. The minimum atomic E-state index is -0.107. The van der Waals surface area contributed by atoms with Gasteiger partial charge < -0.3 is 9.30 Å². The molecule has 0 bridgehead atoms. The topological polar surface area (TPSA) is 69.9 Å². The number of ether oxygens (including phenoxy) is 1. The van der Waals surface area contributed by atoms with Gasteiger partial charge in [-0.1, -0.05) is 53.2 Å². The molecule has 0 saturated carbocycles. The molecular weight excluding hydrogens is 443 g/mol. The van der Waals surface area contributed by atoms with Crippen LogP contribution in [-0.2, 0) is 13.7 Å². The minimum Gasteiger partial charge on any atom is -0.483 e. The second-order valence-electron chi connectivity index (χ2n) is 6.41. The van der Waals surface area contributed by atoms with Crippen LogP contribution in [0, 0.1) is 0 Å². The zero-order chi connectivity index (χ0) is 21.1. The van der Waals surface area contributed by atoms with Gasteiger partial charge in [-0.05, 0) is 30.3 Å². The van der Waals surface area contributed by atoms with Gasteiger partial charge in [0.25, 0.3) is 0 Å². The molecule has 0 saturated heterocycles. The smallest absolute Gasteiger partial charge is 0.191 e. The Labute approximate surface area is 187 Å². The molecule has 152 valence electrons. The molecule has 0 fully saturated rings. The summed E-state index contributed by atoms with van der Waals surface area (Å²) in [6, 6.07) is 14.5. The van der Waals surface area contributed by atoms with Crippen LogP contribution in [0.5, 0.6) is 5.75 Å². The van der Waals surface area contributed by atoms with Gasteiger partial charge in [0.2, 0.25) is 0 Å². The molecule has 4 aromatic rings. The molecule has 0 atom stereocenters. The number of thioether (sulfide) groups is 1. The number of pyridine rings is 1. The predicted molar refractivity (Wildman–Crippen MR) is 119 cm³/mol. The van der Waals surface area contributed by atoms with Crippen LogP contribution in [0.1, 0.15) is 16.2 Å². The normalized spacial score (nSPS) is 11.0. The molecule has 0 unspecified atom stereocenters. The number of para-hydroxylation sites is 1. The Kier molecular flexibility index (Phi) is 6.22. The Bertz CT molecular complexity index is 1220. The first kappa shape index (κ1) is 20.7. The van der Waals surface area contributed by atoms with Crippen LogP contribution in [0.25, 0.3) is 10.9 Å². The van der Waals surface area contributed by atoms with Crippen LogP contribution in [0.15, 0.2) is 59.9 Å². The minimum absolute atomic E-state index is 0.107. The average Bonchev–Trinajstić information content (AvgIpc) is 3.10. The van der Waals surface area contributed by atoms with Crippen molar-refractivity contribution in [3.8, 4) is 5.75 Å². The number of ketones is 1. The molecule has 2 heterocycles. The molecule has 0 aliphatic heterocycles. The van der Waals surface area contributed by atoms with Gasteiger partial charge in [0.05, 0.1) is 10.8 Å². The highest BCUT2D eigenvalue weighted by Crippen LogP contribution is 2.26. The van der Waals surface area contributed by atoms with Crippen molar-refractivity contribution < 1.29 is 9.53 Å². The van der Waals surface area contributed by atoms with Crippen molar-refractivity contribution in [2.45, 2.75) is 11.8 Å². The van der Waals surface area contributed by atoms with Gasteiger partial charge in [0, 0.05) is 29.2 Å². The van der Waals surface area contributed by atoms with Crippen LogP contribution in [0.2, 0.25) is 10.0 Å². The molecule has 4 rings (SSSR count). The lowest BCUT2D eigenvalue weighted by atomic mass is 10.1. The maximum Gasteiger partial charge on any atom is 0.191 e. The molecule has 0 amide bonds. The highest BCUT2D eigenvalue weighted by molar-refractivity contribution is 7.99. The summed E-state index contributed by atoms with van der Waals surface area (Å²) < 4.78 is 7.73. The number of hydrogen-bond acceptors (Lipinski definition) is 6. The quantitative estimate of drug-likeness (QED) is 0.279. The van der Waals surface area contributed by atoms with Crippen LogP contribution >= 0.6 is 35.0 Å². The Balaban J connectivity index is 1.42. The number of carbonyl (C=O) groups is 1. The number of hydrogen-bond donors (Lipinski definition) is 0. The van der Waals surface area contributed by atoms with Crippen LogP contribution in [0.3, 0.4) is 0 Å². The third-order valence-corrected chi connectivity index (χ3v) is 6.01. The average molecular weight is 459 g/mol. The molecule has 30 heavy (non-hydrogen) atoms. The number of benzene rings is 2. The van der Waals surface area contributed by atoms with Crippen molar-refractivity contribution >= 4 is 51.6 Å². The van der Waals surface area contributed by atoms with Crippen molar-refractivity contribution in [2.75, 3.05) is 5.75 Å². The lowest BCUT2D eigenvalue weighted by Crippen LogP contribution is -2.07. The summed E-state index contributed by atoms with van der Waals surface area (Å²) in [4.78, 5) is 16.8. The fourth-order valence-corrected chi connectivity index (χ4v) is 4.18. The SMILES string of the molecule is Cn1c(COc2cccc3cccnc23)nnc1SCC(=O)c1ccc(Cl)cc1Cl. The Morgan fingerprint density at radius 2 is 1.97 bits per heavy atom. The fourth-order valence-electron chi connectivity index (χ4n) is 2.85. The number of fused-ring (bicyclic) bond motifs is 1. The second-order valence-corrected chi connectivity index (χ2v) is 8.20. The van der Waals surface area contributed by atoms with Crippen molar-refractivity contribution in [1.82, 2.24) is 19.7 Å². The molecule has 9 heteroatoms. The molecular formula is C21H16Cl2N4O2S. The number of Topliss-reactive ketones (excluding diaryl/α,β-unsaturated/α-hetero) is 1. The predicted octanol–water partition coefficient (Wildman–Crippen LogP) is 5.22. The first-order valence-electron chi connectivity index (χ1n) is 8.99. The van der Waals surface area contributed by atoms with E-state index in [2.05, 4.69) is 15.2 Å². The largest absolute Gasteiger partial charge is 0.483 e. The maximum atomic E-state index is 12.5. The molecule has 2 aromatic carbocycles. The van der Waals surface area contributed by atoms with Crippen molar-refractivity contribution in [3.05, 3.63) is 76.2 Å². The zero-order valence-electron chi connectivity index (χ0n) is 15.9. The number of aromatic nitrogens is 4. The van der Waals surface area contributed by atoms with E-state index in [4.69, 9.17) is 27.9 Å². The van der Waals surface area contributed by atoms with Gasteiger partial charge >= 0.3 is 0 Å². The van der Waals surface area contributed by atoms with Gasteiger partial charge in [0.15, 0.2) is 16.8 Å². The van der Waals surface area contributed by atoms with E-state index in [-0.39, 0.29) is 18.1 Å². The van der Waals surface area contributed by atoms with E-state index in [0.29, 0.717) is 32.3 Å². The fraction of sp³-hybridized carbons (Fsp3) is 0.143. The number of rotatable bonds is 7. The monoisotopic (exact) mass is 458 g/mol. The van der Waals surface area contributed by atoms with E-state index in [1.807, 2.05) is 37.4 Å². The molecule has 2 aromatic heterocycles. The van der Waals surface area contributed by atoms with E-state index < -0.39 is 0 Å². The summed E-state index contributed by atoms with van der Waals surface area (Å²) in [5.74, 6) is 1.39. The third kappa shape index (κ3) is 4.43. The summed E-state index contributed by atoms with van der Waals surface area (Å²) in [5, 5.41) is 10.8. The highest BCUT2D eigenvalue weighted by atomic mass is 35.5. The number of halogens is 2. The van der Waals surface area contributed by atoms with E-state index in [0.717, 1.165) is 10.9 Å². The molecule has 0 N–H and O–H groups in total. The van der Waals surface area contributed by atoms with Gasteiger partial charge in [-0.15, -0.1) is 10.2 Å². The Hall–Kier alpha value is -2.61. The lowest BCUT2D eigenvalue weighted by Gasteiger charge is -2.08. The van der Waals surface area contributed by atoms with Gasteiger partial charge in [-0.25, -0.2) is 0 Å². The van der Waals surface area contributed by atoms with E-state index in [1.165, 1.54) is 11.8 Å². The van der Waals surface area contributed by atoms with Crippen molar-refractivity contribution in [2.24, 2.45) is 7.05 Å². The zero-order valence-corrected chi connectivity index (χ0v) is 18.2. The summed E-state index contributed by atoms with van der Waals surface area (Å²) in [7, 11) is 1.84. The third-order valence-electron chi connectivity index (χ3n) is 4.44. The number of carbonyl (C=O) groups excluding carboxylic acids is 1. The van der Waals surface area contributed by atoms with Crippen LogP contribution in [0.4, 0.5) is 0 Å². The Morgan fingerprint density at radius 1 is 1.13 bits per heavy atom.